The van der Waals surface area contributed by atoms with Crippen LogP contribution in [0.25, 0.3) is 16.7 Å². The minimum Gasteiger partial charge on any atom is -0.259 e. The molecule has 0 N–H and O–H groups in total. The summed E-state index contributed by atoms with van der Waals surface area (Å²) >= 11 is 0. The van der Waals surface area contributed by atoms with E-state index in [1.807, 2.05) is 35.1 Å². The molecule has 0 saturated heterocycles. The molecule has 0 bridgehead atoms. The predicted molar refractivity (Wildman–Crippen MR) is 96.2 cm³/mol. The smallest absolute Gasteiger partial charge is 0.113 e. The predicted octanol–water partition coefficient (Wildman–Crippen LogP) is 4.75. The van der Waals surface area contributed by atoms with E-state index in [1.54, 1.807) is 0 Å². The Hall–Kier alpha value is -2.23. The highest BCUT2D eigenvalue weighted by Crippen LogP contribution is 2.40. The van der Waals surface area contributed by atoms with Crippen molar-refractivity contribution in [3.63, 3.8) is 0 Å². The number of pyridine rings is 1. The van der Waals surface area contributed by atoms with Crippen LogP contribution in [0.2, 0.25) is 0 Å². The number of aromatic nitrogens is 4. The lowest BCUT2D eigenvalue weighted by Crippen LogP contribution is -2.23. The Labute approximate surface area is 142 Å². The summed E-state index contributed by atoms with van der Waals surface area (Å²) in [4.78, 5) is 4.75. The first-order chi connectivity index (χ1) is 11.7. The number of hydrogen-bond acceptors (Lipinski definition) is 3. The number of fused-ring (bicyclic) bond motifs is 1. The largest absolute Gasteiger partial charge is 0.259 e. The molecule has 0 amide bonds. The second-order valence-electron chi connectivity index (χ2n) is 7.21. The third kappa shape index (κ3) is 2.81. The van der Waals surface area contributed by atoms with Gasteiger partial charge in [0.25, 0.3) is 0 Å². The van der Waals surface area contributed by atoms with Gasteiger partial charge in [-0.2, -0.15) is 0 Å². The Bertz CT molecular complexity index is 815. The summed E-state index contributed by atoms with van der Waals surface area (Å²) in [7, 11) is 0. The molecule has 4 nitrogen and oxygen atoms in total. The van der Waals surface area contributed by atoms with E-state index in [4.69, 9.17) is 4.98 Å². The molecule has 1 aliphatic carbocycles. The van der Waals surface area contributed by atoms with Crippen LogP contribution in [0.5, 0.6) is 0 Å². The maximum atomic E-state index is 4.75. The highest BCUT2D eigenvalue weighted by Gasteiger charge is 2.28. The van der Waals surface area contributed by atoms with Gasteiger partial charge in [0, 0.05) is 11.6 Å². The van der Waals surface area contributed by atoms with Crippen molar-refractivity contribution in [2.75, 3.05) is 0 Å². The Morgan fingerprint density at radius 2 is 2.00 bits per heavy atom. The van der Waals surface area contributed by atoms with Crippen LogP contribution >= 0.6 is 0 Å². The molecule has 0 radical (unpaired) electrons. The van der Waals surface area contributed by atoms with Crippen LogP contribution in [-0.2, 0) is 0 Å². The van der Waals surface area contributed by atoms with Crippen LogP contribution in [0.1, 0.15) is 51.1 Å². The van der Waals surface area contributed by atoms with Crippen LogP contribution in [0, 0.1) is 11.8 Å². The maximum absolute atomic E-state index is 4.75. The zero-order valence-electron chi connectivity index (χ0n) is 14.4. The molecule has 3 aromatic rings. The van der Waals surface area contributed by atoms with E-state index < -0.39 is 0 Å². The van der Waals surface area contributed by atoms with Crippen LogP contribution in [0.15, 0.2) is 42.6 Å². The Balaban J connectivity index is 1.55. The van der Waals surface area contributed by atoms with Crippen molar-refractivity contribution in [3.8, 4) is 5.69 Å². The summed E-state index contributed by atoms with van der Waals surface area (Å²) in [6, 6.07) is 12.3. The van der Waals surface area contributed by atoms with Crippen LogP contribution in [0.4, 0.5) is 0 Å². The van der Waals surface area contributed by atoms with E-state index in [2.05, 4.69) is 36.3 Å². The highest BCUT2D eigenvalue weighted by molar-refractivity contribution is 5.75. The fourth-order valence-corrected chi connectivity index (χ4v) is 3.98. The molecule has 124 valence electrons. The standard InChI is InChI=1S/C20H24N4/c1-3-16(12-15-10-14(2)11-15)18-9-8-17(13-21-18)24-20-7-5-4-6-19(20)22-23-24/h4-9,13-16H,3,10-12H2,1-2H3. The van der Waals surface area contributed by atoms with Crippen molar-refractivity contribution in [2.45, 2.75) is 45.4 Å². The van der Waals surface area contributed by atoms with E-state index in [9.17, 15) is 0 Å². The zero-order valence-corrected chi connectivity index (χ0v) is 14.4. The van der Waals surface area contributed by atoms with Crippen molar-refractivity contribution in [1.82, 2.24) is 20.0 Å². The van der Waals surface area contributed by atoms with Crippen molar-refractivity contribution in [3.05, 3.63) is 48.3 Å². The molecule has 2 aromatic heterocycles. The first kappa shape index (κ1) is 15.3. The lowest BCUT2D eigenvalue weighted by atomic mass is 9.71. The van der Waals surface area contributed by atoms with Gasteiger partial charge in [-0.25, -0.2) is 4.68 Å². The van der Waals surface area contributed by atoms with E-state index in [-0.39, 0.29) is 0 Å². The van der Waals surface area contributed by atoms with Crippen LogP contribution in [-0.4, -0.2) is 20.0 Å². The first-order valence-electron chi connectivity index (χ1n) is 9.01. The normalized spacial score (nSPS) is 21.6. The monoisotopic (exact) mass is 320 g/mol. The van der Waals surface area contributed by atoms with E-state index in [0.29, 0.717) is 5.92 Å². The van der Waals surface area contributed by atoms with E-state index >= 15 is 0 Å². The molecule has 2 heterocycles. The summed E-state index contributed by atoms with van der Waals surface area (Å²) in [6.07, 6.45) is 7.14. The van der Waals surface area contributed by atoms with Crippen LogP contribution in [0.3, 0.4) is 0 Å². The molecule has 0 spiro atoms. The molecule has 4 heteroatoms. The first-order valence-corrected chi connectivity index (χ1v) is 9.01. The number of hydrogen-bond donors (Lipinski definition) is 0. The molecule has 24 heavy (non-hydrogen) atoms. The quantitative estimate of drug-likeness (QED) is 0.681. The van der Waals surface area contributed by atoms with Crippen molar-refractivity contribution < 1.29 is 0 Å². The van der Waals surface area contributed by atoms with Crippen molar-refractivity contribution >= 4 is 11.0 Å². The van der Waals surface area contributed by atoms with Gasteiger partial charge in [0.2, 0.25) is 0 Å². The molecule has 1 unspecified atom stereocenters. The van der Waals surface area contributed by atoms with Crippen molar-refractivity contribution in [1.29, 1.82) is 0 Å². The van der Waals surface area contributed by atoms with Crippen LogP contribution < -0.4 is 0 Å². The van der Waals surface area contributed by atoms with Gasteiger partial charge in [0.05, 0.1) is 17.4 Å². The summed E-state index contributed by atoms with van der Waals surface area (Å²) in [5, 5.41) is 8.49. The number of benzene rings is 1. The molecule has 4 rings (SSSR count). The summed E-state index contributed by atoms with van der Waals surface area (Å²) in [6.45, 7) is 4.63. The molecule has 1 fully saturated rings. The average Bonchev–Trinajstić information content (AvgIpc) is 3.02. The highest BCUT2D eigenvalue weighted by atomic mass is 15.4. The molecule has 1 aromatic carbocycles. The molecular weight excluding hydrogens is 296 g/mol. The fourth-order valence-electron chi connectivity index (χ4n) is 3.98. The van der Waals surface area contributed by atoms with E-state index in [1.165, 1.54) is 25.0 Å². The second kappa shape index (κ2) is 6.34. The Morgan fingerprint density at radius 3 is 2.71 bits per heavy atom. The minimum atomic E-state index is 0.573. The molecule has 1 aliphatic rings. The van der Waals surface area contributed by atoms with Gasteiger partial charge in [0.15, 0.2) is 0 Å². The summed E-state index contributed by atoms with van der Waals surface area (Å²) in [5.74, 6) is 2.39. The molecule has 1 saturated carbocycles. The molecule has 0 aliphatic heterocycles. The van der Waals surface area contributed by atoms with E-state index in [0.717, 1.165) is 35.0 Å². The lowest BCUT2D eigenvalue weighted by molar-refractivity contribution is 0.186. The number of rotatable bonds is 5. The number of nitrogens with zero attached hydrogens (tertiary/aromatic N) is 4. The van der Waals surface area contributed by atoms with Gasteiger partial charge < -0.3 is 0 Å². The van der Waals surface area contributed by atoms with Gasteiger partial charge in [-0.3, -0.25) is 4.98 Å². The van der Waals surface area contributed by atoms with Gasteiger partial charge in [-0.05, 0) is 61.8 Å². The topological polar surface area (TPSA) is 43.6 Å². The second-order valence-corrected chi connectivity index (χ2v) is 7.21. The average molecular weight is 320 g/mol. The summed E-state index contributed by atoms with van der Waals surface area (Å²) < 4.78 is 1.86. The molecular formula is C20H24N4. The van der Waals surface area contributed by atoms with Gasteiger partial charge >= 0.3 is 0 Å². The number of para-hydroxylation sites is 1. The van der Waals surface area contributed by atoms with Gasteiger partial charge in [-0.15, -0.1) is 5.10 Å². The summed E-state index contributed by atoms with van der Waals surface area (Å²) in [5.41, 5.74) is 4.11. The van der Waals surface area contributed by atoms with Gasteiger partial charge in [0.1, 0.15) is 5.52 Å². The third-order valence-corrected chi connectivity index (χ3v) is 5.37. The van der Waals surface area contributed by atoms with Gasteiger partial charge in [-0.1, -0.05) is 31.2 Å². The third-order valence-electron chi connectivity index (χ3n) is 5.37. The fraction of sp³-hybridized carbons (Fsp3) is 0.450. The molecule has 1 atom stereocenters. The maximum Gasteiger partial charge on any atom is 0.113 e. The SMILES string of the molecule is CCC(CC1CC(C)C1)c1ccc(-n2nnc3ccccc32)cn1. The van der Waals surface area contributed by atoms with Crippen molar-refractivity contribution in [2.24, 2.45) is 11.8 Å². The Kier molecular flexibility index (Phi) is 4.05. The zero-order chi connectivity index (χ0) is 16.5. The Morgan fingerprint density at radius 1 is 1.17 bits per heavy atom. The lowest BCUT2D eigenvalue weighted by Gasteiger charge is -2.35. The minimum absolute atomic E-state index is 0.573.